The molecule has 1 aliphatic heterocycles. The molecule has 9 nitrogen and oxygen atoms in total. The van der Waals surface area contributed by atoms with Crippen LogP contribution in [0.3, 0.4) is 0 Å². The Morgan fingerprint density at radius 2 is 2.00 bits per heavy atom. The van der Waals surface area contributed by atoms with Crippen molar-refractivity contribution in [3.63, 3.8) is 0 Å². The van der Waals surface area contributed by atoms with E-state index in [9.17, 15) is 4.79 Å². The number of nitrogen functional groups attached to an aromatic ring is 1. The molecule has 0 unspecified atom stereocenters. The molecule has 1 aliphatic rings. The maximum absolute atomic E-state index is 15.0. The summed E-state index contributed by atoms with van der Waals surface area (Å²) in [7, 11) is 0. The van der Waals surface area contributed by atoms with E-state index in [1.807, 2.05) is 11.0 Å². The zero-order chi connectivity index (χ0) is 21.8. The molecule has 6 N–H and O–H groups in total. The van der Waals surface area contributed by atoms with Gasteiger partial charge >= 0.3 is 0 Å². The number of rotatable bonds is 6. The molecule has 3 aromatic rings. The van der Waals surface area contributed by atoms with Gasteiger partial charge in [0.05, 0.1) is 35.7 Å². The Bertz CT molecular complexity index is 1050. The van der Waals surface area contributed by atoms with Crippen molar-refractivity contribution in [2.45, 2.75) is 18.6 Å². The summed E-state index contributed by atoms with van der Waals surface area (Å²) >= 11 is 0. The predicted octanol–water partition coefficient (Wildman–Crippen LogP) is 2.33. The maximum atomic E-state index is 15.0. The Kier molecular flexibility index (Phi) is 5.78. The van der Waals surface area contributed by atoms with Gasteiger partial charge in [-0.3, -0.25) is 4.79 Å². The van der Waals surface area contributed by atoms with Crippen molar-refractivity contribution in [2.75, 3.05) is 34.4 Å². The molecule has 0 radical (unpaired) electrons. The zero-order valence-corrected chi connectivity index (χ0v) is 16.7. The van der Waals surface area contributed by atoms with Gasteiger partial charge in [-0.15, -0.1) is 0 Å². The first kappa shape index (κ1) is 20.3. The minimum atomic E-state index is -1.19. The van der Waals surface area contributed by atoms with E-state index >= 15 is 4.39 Å². The third kappa shape index (κ3) is 4.80. The molecule has 2 atom stereocenters. The highest BCUT2D eigenvalue weighted by atomic mass is 19.1. The van der Waals surface area contributed by atoms with Crippen molar-refractivity contribution >= 4 is 34.7 Å². The number of aromatic nitrogens is 3. The number of primary amides is 1. The lowest BCUT2D eigenvalue weighted by Crippen LogP contribution is -2.48. The van der Waals surface area contributed by atoms with Gasteiger partial charge in [0.15, 0.2) is 0 Å². The maximum Gasteiger partial charge on any atom is 0.252 e. The number of nitrogens with two attached hydrogens (primary N) is 2. The fraction of sp³-hybridized carbons (Fsp3) is 0.238. The molecule has 0 aromatic carbocycles. The molecule has 0 aliphatic carbocycles. The van der Waals surface area contributed by atoms with Crippen LogP contribution < -0.4 is 27.0 Å². The summed E-state index contributed by atoms with van der Waals surface area (Å²) in [5.74, 6) is 1.10. The standard InChI is InChI=1S/C21H23FN8O/c22-15-12-30(20-5-4-13(23)10-27-20)8-6-16(15)28-17-9-19(26-11-14(17)21(24)31)29-18-3-1-2-7-25-18/h1-5,7,9-11,15-16H,6,8,12,23H2,(H2,24,31)(H2,25,26,28,29)/t15-,16+/m1/s1. The normalized spacial score (nSPS) is 18.4. The van der Waals surface area contributed by atoms with Crippen LogP contribution in [0.5, 0.6) is 0 Å². The molecule has 1 fully saturated rings. The van der Waals surface area contributed by atoms with Gasteiger partial charge in [-0.1, -0.05) is 6.07 Å². The van der Waals surface area contributed by atoms with Crippen LogP contribution in [0.15, 0.2) is 55.0 Å². The number of alkyl halides is 1. The summed E-state index contributed by atoms with van der Waals surface area (Å²) in [4.78, 5) is 26.4. The van der Waals surface area contributed by atoms with Gasteiger partial charge in [0, 0.05) is 25.0 Å². The van der Waals surface area contributed by atoms with Crippen molar-refractivity contribution in [1.82, 2.24) is 15.0 Å². The van der Waals surface area contributed by atoms with Crippen LogP contribution in [0.25, 0.3) is 0 Å². The van der Waals surface area contributed by atoms with Gasteiger partial charge in [-0.2, -0.15) is 0 Å². The fourth-order valence-corrected chi connectivity index (χ4v) is 3.47. The number of halogens is 1. The Hall–Kier alpha value is -3.95. The highest BCUT2D eigenvalue weighted by molar-refractivity contribution is 5.98. The number of carbonyl (C=O) groups excluding carboxylic acids is 1. The molecule has 1 amide bonds. The largest absolute Gasteiger partial charge is 0.397 e. The second-order valence-corrected chi connectivity index (χ2v) is 7.27. The number of hydrogen-bond donors (Lipinski definition) is 4. The number of amides is 1. The Balaban J connectivity index is 1.49. The summed E-state index contributed by atoms with van der Waals surface area (Å²) in [6, 6.07) is 10.1. The van der Waals surface area contributed by atoms with Crippen LogP contribution in [0.2, 0.25) is 0 Å². The molecule has 31 heavy (non-hydrogen) atoms. The van der Waals surface area contributed by atoms with Crippen LogP contribution in [-0.2, 0) is 0 Å². The molecule has 1 saturated heterocycles. The fourth-order valence-electron chi connectivity index (χ4n) is 3.47. The number of pyridine rings is 3. The van der Waals surface area contributed by atoms with Gasteiger partial charge in [-0.25, -0.2) is 19.3 Å². The zero-order valence-electron chi connectivity index (χ0n) is 16.7. The average molecular weight is 422 g/mol. The molecular weight excluding hydrogens is 399 g/mol. The minimum Gasteiger partial charge on any atom is -0.397 e. The number of anilines is 5. The number of carbonyl (C=O) groups is 1. The van der Waals surface area contributed by atoms with E-state index in [2.05, 4.69) is 25.6 Å². The summed E-state index contributed by atoms with van der Waals surface area (Å²) in [5.41, 5.74) is 12.3. The van der Waals surface area contributed by atoms with Crippen molar-refractivity contribution < 1.29 is 9.18 Å². The molecule has 160 valence electrons. The van der Waals surface area contributed by atoms with E-state index in [1.165, 1.54) is 6.20 Å². The number of hydrogen-bond acceptors (Lipinski definition) is 8. The van der Waals surface area contributed by atoms with Crippen molar-refractivity contribution in [3.8, 4) is 0 Å². The lowest BCUT2D eigenvalue weighted by Gasteiger charge is -2.36. The molecule has 0 saturated carbocycles. The predicted molar refractivity (Wildman–Crippen MR) is 118 cm³/mol. The van der Waals surface area contributed by atoms with Gasteiger partial charge in [0.1, 0.15) is 23.6 Å². The number of piperidine rings is 1. The van der Waals surface area contributed by atoms with Crippen LogP contribution in [-0.4, -0.2) is 46.2 Å². The first-order chi connectivity index (χ1) is 15.0. The number of nitrogens with zero attached hydrogens (tertiary/aromatic N) is 4. The molecule has 0 bridgehead atoms. The van der Waals surface area contributed by atoms with Crippen LogP contribution in [0.4, 0.5) is 33.2 Å². The van der Waals surface area contributed by atoms with Crippen LogP contribution in [0, 0.1) is 0 Å². The van der Waals surface area contributed by atoms with Gasteiger partial charge in [0.25, 0.3) is 5.91 Å². The molecule has 10 heteroatoms. The minimum absolute atomic E-state index is 0.171. The molecular formula is C21H23FN8O. The Labute approximate surface area is 178 Å². The topological polar surface area (TPSA) is 135 Å². The number of nitrogens with one attached hydrogen (secondary N) is 2. The highest BCUT2D eigenvalue weighted by Crippen LogP contribution is 2.26. The summed E-state index contributed by atoms with van der Waals surface area (Å²) in [6.07, 6.45) is 3.90. The van der Waals surface area contributed by atoms with Gasteiger partial charge < -0.3 is 27.0 Å². The van der Waals surface area contributed by atoms with E-state index in [4.69, 9.17) is 11.5 Å². The average Bonchev–Trinajstić information content (AvgIpc) is 2.76. The van der Waals surface area contributed by atoms with Crippen LogP contribution >= 0.6 is 0 Å². The summed E-state index contributed by atoms with van der Waals surface area (Å²) in [5, 5.41) is 6.20. The lowest BCUT2D eigenvalue weighted by atomic mass is 10.0. The smallest absolute Gasteiger partial charge is 0.252 e. The van der Waals surface area contributed by atoms with Gasteiger partial charge in [0.2, 0.25) is 0 Å². The summed E-state index contributed by atoms with van der Waals surface area (Å²) < 4.78 is 15.0. The molecule has 4 heterocycles. The van der Waals surface area contributed by atoms with Crippen molar-refractivity contribution in [3.05, 3.63) is 60.6 Å². The third-order valence-electron chi connectivity index (χ3n) is 5.07. The van der Waals surface area contributed by atoms with E-state index in [1.54, 1.807) is 42.7 Å². The molecule has 3 aromatic heterocycles. The summed E-state index contributed by atoms with van der Waals surface area (Å²) in [6.45, 7) is 0.773. The lowest BCUT2D eigenvalue weighted by molar-refractivity contribution is 0.100. The monoisotopic (exact) mass is 422 g/mol. The third-order valence-corrected chi connectivity index (χ3v) is 5.07. The van der Waals surface area contributed by atoms with Crippen molar-refractivity contribution in [2.24, 2.45) is 5.73 Å². The van der Waals surface area contributed by atoms with E-state index in [-0.39, 0.29) is 12.1 Å². The van der Waals surface area contributed by atoms with E-state index in [0.29, 0.717) is 41.8 Å². The van der Waals surface area contributed by atoms with E-state index < -0.39 is 18.1 Å². The first-order valence-electron chi connectivity index (χ1n) is 9.84. The SMILES string of the molecule is NC(=O)c1cnc(Nc2ccccn2)cc1N[C@H]1CCN(c2ccc(N)cn2)C[C@H]1F. The van der Waals surface area contributed by atoms with Gasteiger partial charge in [-0.05, 0) is 30.7 Å². The van der Waals surface area contributed by atoms with Crippen molar-refractivity contribution in [1.29, 1.82) is 0 Å². The second-order valence-electron chi connectivity index (χ2n) is 7.27. The van der Waals surface area contributed by atoms with Crippen LogP contribution in [0.1, 0.15) is 16.8 Å². The second kappa shape index (κ2) is 8.82. The first-order valence-corrected chi connectivity index (χ1v) is 9.84. The molecule has 4 rings (SSSR count). The highest BCUT2D eigenvalue weighted by Gasteiger charge is 2.30. The Morgan fingerprint density at radius 3 is 2.68 bits per heavy atom. The Morgan fingerprint density at radius 1 is 1.13 bits per heavy atom. The quantitative estimate of drug-likeness (QED) is 0.475. The molecule has 0 spiro atoms. The van der Waals surface area contributed by atoms with E-state index in [0.717, 1.165) is 0 Å².